The van der Waals surface area contributed by atoms with Crippen molar-refractivity contribution in [1.29, 1.82) is 0 Å². The van der Waals surface area contributed by atoms with Gasteiger partial charge in [0.2, 0.25) is 11.8 Å². The second-order valence-electron chi connectivity index (χ2n) is 9.51. The Morgan fingerprint density at radius 1 is 1.05 bits per heavy atom. The smallest absolute Gasteiger partial charge is 0.356 e. The van der Waals surface area contributed by atoms with Crippen molar-refractivity contribution >= 4 is 23.5 Å². The summed E-state index contributed by atoms with van der Waals surface area (Å²) in [5.41, 5.74) is 1.43. The fourth-order valence-electron chi connectivity index (χ4n) is 4.30. The maximum Gasteiger partial charge on any atom is 0.522 e. The molecule has 1 aromatic carbocycles. The number of ether oxygens (including phenoxy) is 1. The van der Waals surface area contributed by atoms with Crippen molar-refractivity contribution in [3.8, 4) is 11.3 Å². The molecule has 1 aliphatic heterocycles. The van der Waals surface area contributed by atoms with Crippen molar-refractivity contribution in [2.24, 2.45) is 11.8 Å². The van der Waals surface area contributed by atoms with Gasteiger partial charge in [-0.1, -0.05) is 43.2 Å². The van der Waals surface area contributed by atoms with Crippen LogP contribution in [0.5, 0.6) is 0 Å². The minimum Gasteiger partial charge on any atom is -0.356 e. The second-order valence-corrected chi connectivity index (χ2v) is 9.51. The van der Waals surface area contributed by atoms with Crippen LogP contribution in [0.1, 0.15) is 42.6 Å². The summed E-state index contributed by atoms with van der Waals surface area (Å²) in [6, 6.07) is 8.24. The van der Waals surface area contributed by atoms with E-state index in [4.69, 9.17) is 0 Å². The zero-order valence-electron chi connectivity index (χ0n) is 20.3. The Bertz CT molecular complexity index is 1170. The number of H-pyrrole nitrogens is 1. The van der Waals surface area contributed by atoms with Crippen LogP contribution >= 0.6 is 0 Å². The van der Waals surface area contributed by atoms with E-state index in [1.54, 1.807) is 0 Å². The van der Waals surface area contributed by atoms with Crippen LogP contribution in [0, 0.1) is 11.8 Å². The molecule has 13 heteroatoms. The van der Waals surface area contributed by atoms with Gasteiger partial charge in [0.25, 0.3) is 5.91 Å². The van der Waals surface area contributed by atoms with Gasteiger partial charge in [0, 0.05) is 18.0 Å². The molecule has 2 fully saturated rings. The van der Waals surface area contributed by atoms with Crippen LogP contribution in [-0.4, -0.2) is 65.3 Å². The molecule has 3 atom stereocenters. The van der Waals surface area contributed by atoms with E-state index >= 15 is 0 Å². The quantitative estimate of drug-likeness (QED) is 0.328. The summed E-state index contributed by atoms with van der Waals surface area (Å²) in [7, 11) is 0. The lowest BCUT2D eigenvalue weighted by Gasteiger charge is -2.24. The van der Waals surface area contributed by atoms with E-state index in [0.29, 0.717) is 25.1 Å². The molecule has 0 radical (unpaired) electrons. The van der Waals surface area contributed by atoms with E-state index in [-0.39, 0.29) is 23.9 Å². The van der Waals surface area contributed by atoms with Gasteiger partial charge in [0.1, 0.15) is 18.3 Å². The lowest BCUT2D eigenvalue weighted by molar-refractivity contribution is -0.321. The summed E-state index contributed by atoms with van der Waals surface area (Å²) < 4.78 is 41.2. The predicted molar refractivity (Wildman–Crippen MR) is 127 cm³/mol. The molecule has 2 unspecified atom stereocenters. The fourth-order valence-corrected chi connectivity index (χ4v) is 4.30. The molecule has 4 N–H and O–H groups in total. The first-order valence-corrected chi connectivity index (χ1v) is 12.3. The summed E-state index contributed by atoms with van der Waals surface area (Å²) in [6.45, 7) is -0.939. The Labute approximate surface area is 216 Å². The van der Waals surface area contributed by atoms with Gasteiger partial charge in [-0.3, -0.25) is 29.0 Å². The molecule has 3 amide bonds. The molecule has 1 aromatic heterocycles. The van der Waals surface area contributed by atoms with E-state index in [0.717, 1.165) is 18.4 Å². The number of ketones is 1. The molecule has 1 aliphatic carbocycles. The predicted octanol–water partition coefficient (Wildman–Crippen LogP) is 2.09. The Balaban J connectivity index is 1.45. The zero-order chi connectivity index (χ0) is 27.3. The maximum atomic E-state index is 13.2. The highest BCUT2D eigenvalue weighted by atomic mass is 19.4. The Kier molecular flexibility index (Phi) is 8.45. The second kappa shape index (κ2) is 11.8. The summed E-state index contributed by atoms with van der Waals surface area (Å²) in [4.78, 5) is 50.7. The van der Waals surface area contributed by atoms with Crippen molar-refractivity contribution in [2.75, 3.05) is 13.2 Å². The van der Waals surface area contributed by atoms with Gasteiger partial charge >= 0.3 is 6.36 Å². The van der Waals surface area contributed by atoms with Crippen molar-refractivity contribution in [3.63, 3.8) is 0 Å². The van der Waals surface area contributed by atoms with Crippen molar-refractivity contribution in [3.05, 3.63) is 42.1 Å². The largest absolute Gasteiger partial charge is 0.522 e. The van der Waals surface area contributed by atoms with Crippen molar-refractivity contribution in [2.45, 2.75) is 50.6 Å². The van der Waals surface area contributed by atoms with Gasteiger partial charge in [-0.15, -0.1) is 13.2 Å². The zero-order valence-corrected chi connectivity index (χ0v) is 20.3. The number of halogens is 3. The first-order chi connectivity index (χ1) is 18.1. The van der Waals surface area contributed by atoms with E-state index < -0.39 is 48.6 Å². The molecular weight excluding hydrogens is 507 g/mol. The lowest BCUT2D eigenvalue weighted by atomic mass is 9.95. The number of nitrogens with one attached hydrogen (secondary N) is 4. The van der Waals surface area contributed by atoms with Crippen LogP contribution in [0.2, 0.25) is 0 Å². The summed E-state index contributed by atoms with van der Waals surface area (Å²) in [5, 5.41) is 14.5. The number of amides is 3. The van der Waals surface area contributed by atoms with Gasteiger partial charge in [0.15, 0.2) is 5.78 Å². The van der Waals surface area contributed by atoms with Crippen LogP contribution < -0.4 is 16.0 Å². The standard InChI is InChI=1S/C25H28F3N5O5/c26-25(27,28)38-13-21(34)18(11-16-8-9-29-22(16)35)30-23(36)19(10-14-6-7-14)31-24(37)20-12-17(32-33-20)15-4-2-1-3-5-15/h1-5,12,14,16,18-19H,6-11,13H2,(H,29,35)(H,30,36)(H,31,37)(H,32,33)/t16-,18?,19?/m0/s1. The third-order valence-electron chi connectivity index (χ3n) is 6.55. The van der Waals surface area contributed by atoms with Gasteiger partial charge in [0.05, 0.1) is 11.7 Å². The Morgan fingerprint density at radius 3 is 2.42 bits per heavy atom. The molecule has 10 nitrogen and oxygen atoms in total. The van der Waals surface area contributed by atoms with Crippen LogP contribution in [0.15, 0.2) is 36.4 Å². The highest BCUT2D eigenvalue weighted by molar-refractivity contribution is 5.98. The number of hydrogen-bond donors (Lipinski definition) is 4. The number of hydrogen-bond acceptors (Lipinski definition) is 6. The first kappa shape index (κ1) is 27.3. The molecule has 2 aromatic rings. The highest BCUT2D eigenvalue weighted by Gasteiger charge is 2.37. The average Bonchev–Trinajstić information content (AvgIpc) is 3.39. The Hall–Kier alpha value is -3.74. The normalized spacial score (nSPS) is 18.9. The molecule has 1 saturated heterocycles. The van der Waals surface area contributed by atoms with Crippen LogP contribution in [0.4, 0.5) is 13.2 Å². The number of alkyl halides is 3. The van der Waals surface area contributed by atoms with Crippen molar-refractivity contribution in [1.82, 2.24) is 26.1 Å². The third-order valence-corrected chi connectivity index (χ3v) is 6.55. The van der Waals surface area contributed by atoms with Gasteiger partial charge < -0.3 is 16.0 Å². The number of nitrogens with zero attached hydrogens (tertiary/aromatic N) is 1. The lowest BCUT2D eigenvalue weighted by Crippen LogP contribution is -2.53. The fraction of sp³-hybridized carbons (Fsp3) is 0.480. The minimum atomic E-state index is -5.03. The molecular formula is C25H28F3N5O5. The number of carbonyl (C=O) groups excluding carboxylic acids is 4. The van der Waals surface area contributed by atoms with E-state index in [1.807, 2.05) is 30.3 Å². The summed E-state index contributed by atoms with van der Waals surface area (Å²) in [5.74, 6) is -3.14. The van der Waals surface area contributed by atoms with E-state index in [9.17, 15) is 32.3 Å². The molecule has 0 spiro atoms. The summed E-state index contributed by atoms with van der Waals surface area (Å²) in [6.07, 6.45) is -2.80. The Morgan fingerprint density at radius 2 is 1.79 bits per heavy atom. The number of Topliss-reactive ketones (excluding diaryl/α,β-unsaturated/α-hetero) is 1. The van der Waals surface area contributed by atoms with Crippen LogP contribution in [0.25, 0.3) is 11.3 Å². The van der Waals surface area contributed by atoms with E-state index in [2.05, 4.69) is 30.9 Å². The topological polar surface area (TPSA) is 142 Å². The van der Waals surface area contributed by atoms with Crippen LogP contribution in [0.3, 0.4) is 0 Å². The average molecular weight is 536 g/mol. The third kappa shape index (κ3) is 7.63. The molecule has 204 valence electrons. The SMILES string of the molecule is O=C(NC(CC1CC1)C(=O)NC(C[C@@H]1CCNC1=O)C(=O)COC(F)(F)F)c1cc(-c2ccccc2)n[nH]1. The molecule has 2 heterocycles. The van der Waals surface area contributed by atoms with E-state index in [1.165, 1.54) is 6.07 Å². The molecule has 0 bridgehead atoms. The highest BCUT2D eigenvalue weighted by Crippen LogP contribution is 2.33. The number of rotatable bonds is 12. The number of benzene rings is 1. The van der Waals surface area contributed by atoms with Gasteiger partial charge in [-0.05, 0) is 31.2 Å². The molecule has 1 saturated carbocycles. The van der Waals surface area contributed by atoms with Crippen LogP contribution in [-0.2, 0) is 19.1 Å². The molecule has 4 rings (SSSR count). The van der Waals surface area contributed by atoms with Crippen molar-refractivity contribution < 1.29 is 37.1 Å². The summed E-state index contributed by atoms with van der Waals surface area (Å²) >= 11 is 0. The number of aromatic amines is 1. The maximum absolute atomic E-state index is 13.2. The number of aromatic nitrogens is 2. The van der Waals surface area contributed by atoms with Gasteiger partial charge in [-0.25, -0.2) is 0 Å². The molecule has 2 aliphatic rings. The van der Waals surface area contributed by atoms with Gasteiger partial charge in [-0.2, -0.15) is 5.10 Å². The monoisotopic (exact) mass is 535 g/mol. The molecule has 38 heavy (non-hydrogen) atoms. The minimum absolute atomic E-state index is 0.117. The first-order valence-electron chi connectivity index (χ1n) is 12.3. The number of carbonyl (C=O) groups is 4.